The molecule has 1 aromatic heterocycles. The molecule has 0 bridgehead atoms. The van der Waals surface area contributed by atoms with Crippen LogP contribution >= 0.6 is 0 Å². The Morgan fingerprint density at radius 1 is 1.00 bits per heavy atom. The van der Waals surface area contributed by atoms with Crippen LogP contribution in [-0.2, 0) is 0 Å². The van der Waals surface area contributed by atoms with Crippen molar-refractivity contribution in [3.8, 4) is 11.4 Å². The van der Waals surface area contributed by atoms with E-state index in [1.807, 2.05) is 6.07 Å². The quantitative estimate of drug-likeness (QED) is 0.361. The van der Waals surface area contributed by atoms with E-state index < -0.39 is 10.8 Å². The van der Waals surface area contributed by atoms with Crippen LogP contribution in [0.15, 0.2) is 59.1 Å². The summed E-state index contributed by atoms with van der Waals surface area (Å²) in [5.41, 5.74) is 0.752. The molecule has 28 heavy (non-hydrogen) atoms. The van der Waals surface area contributed by atoms with Gasteiger partial charge in [-0.1, -0.05) is 35.5 Å². The van der Waals surface area contributed by atoms with Crippen molar-refractivity contribution >= 4 is 17.5 Å². The molecule has 1 heterocycles. The van der Waals surface area contributed by atoms with E-state index in [9.17, 15) is 19.7 Å². The molecule has 142 valence electrons. The number of carbonyl (C=O) groups is 2. The summed E-state index contributed by atoms with van der Waals surface area (Å²) >= 11 is 0. The molecule has 2 amide bonds. The van der Waals surface area contributed by atoms with E-state index >= 15 is 0 Å². The standard InChI is InChI=1S/C18H15N5O5/c24-16(12-5-2-1-3-6-12)19-9-10-20-17(25)18-21-15(22-28-18)13-7-4-8-14(11-13)23(26)27/h1-8,11H,9-10H2,(H,19,24)(H,20,25). The molecule has 0 aliphatic heterocycles. The molecule has 0 atom stereocenters. The van der Waals surface area contributed by atoms with Crippen LogP contribution in [-0.4, -0.2) is 40.0 Å². The van der Waals surface area contributed by atoms with Crippen LogP contribution in [0.2, 0.25) is 0 Å². The van der Waals surface area contributed by atoms with Gasteiger partial charge in [-0.05, 0) is 12.1 Å². The van der Waals surface area contributed by atoms with Crippen LogP contribution in [0.4, 0.5) is 5.69 Å². The summed E-state index contributed by atoms with van der Waals surface area (Å²) < 4.78 is 4.90. The zero-order chi connectivity index (χ0) is 19.9. The molecule has 0 saturated heterocycles. The topological polar surface area (TPSA) is 140 Å². The first-order valence-electron chi connectivity index (χ1n) is 8.24. The van der Waals surface area contributed by atoms with Crippen molar-refractivity contribution in [2.24, 2.45) is 0 Å². The first-order valence-corrected chi connectivity index (χ1v) is 8.24. The number of amides is 2. The number of nitro groups is 1. The van der Waals surface area contributed by atoms with Crippen LogP contribution in [0.5, 0.6) is 0 Å². The Morgan fingerprint density at radius 3 is 2.43 bits per heavy atom. The maximum Gasteiger partial charge on any atom is 0.316 e. The van der Waals surface area contributed by atoms with Gasteiger partial charge in [-0.15, -0.1) is 0 Å². The van der Waals surface area contributed by atoms with Gasteiger partial charge in [-0.2, -0.15) is 4.98 Å². The second kappa shape index (κ2) is 8.54. The van der Waals surface area contributed by atoms with Crippen LogP contribution in [0.25, 0.3) is 11.4 Å². The van der Waals surface area contributed by atoms with Crippen LogP contribution < -0.4 is 10.6 Å². The number of aromatic nitrogens is 2. The van der Waals surface area contributed by atoms with Gasteiger partial charge in [-0.25, -0.2) is 0 Å². The maximum atomic E-state index is 12.1. The van der Waals surface area contributed by atoms with Gasteiger partial charge in [0, 0.05) is 36.3 Å². The van der Waals surface area contributed by atoms with Crippen molar-refractivity contribution < 1.29 is 19.0 Å². The Labute approximate surface area is 158 Å². The van der Waals surface area contributed by atoms with Crippen LogP contribution in [0.1, 0.15) is 21.0 Å². The monoisotopic (exact) mass is 381 g/mol. The molecule has 3 rings (SSSR count). The molecule has 0 radical (unpaired) electrons. The van der Waals surface area contributed by atoms with Crippen molar-refractivity contribution in [2.75, 3.05) is 13.1 Å². The largest absolute Gasteiger partial charge is 0.350 e. The fraction of sp³-hybridized carbons (Fsp3) is 0.111. The first-order chi connectivity index (χ1) is 13.5. The minimum atomic E-state index is -0.613. The third kappa shape index (κ3) is 4.55. The molecular formula is C18H15N5O5. The van der Waals surface area contributed by atoms with E-state index in [1.165, 1.54) is 18.2 Å². The Hall–Kier alpha value is -4.08. The Balaban J connectivity index is 1.52. The maximum absolute atomic E-state index is 12.1. The highest BCUT2D eigenvalue weighted by Crippen LogP contribution is 2.21. The van der Waals surface area contributed by atoms with E-state index in [-0.39, 0.29) is 36.4 Å². The van der Waals surface area contributed by atoms with E-state index in [1.54, 1.807) is 30.3 Å². The van der Waals surface area contributed by atoms with Crippen molar-refractivity contribution in [1.82, 2.24) is 20.8 Å². The first kappa shape index (κ1) is 18.7. The average molecular weight is 381 g/mol. The van der Waals surface area contributed by atoms with Gasteiger partial charge >= 0.3 is 11.8 Å². The second-order valence-corrected chi connectivity index (χ2v) is 5.61. The number of benzene rings is 2. The van der Waals surface area contributed by atoms with Gasteiger partial charge in [-0.3, -0.25) is 19.7 Å². The highest BCUT2D eigenvalue weighted by Gasteiger charge is 2.17. The highest BCUT2D eigenvalue weighted by molar-refractivity contribution is 5.94. The molecule has 0 saturated carbocycles. The molecule has 10 nitrogen and oxygen atoms in total. The number of hydrogen-bond donors (Lipinski definition) is 2. The average Bonchev–Trinajstić information content (AvgIpc) is 3.22. The van der Waals surface area contributed by atoms with Gasteiger partial charge in [0.05, 0.1) is 4.92 Å². The predicted octanol–water partition coefficient (Wildman–Crippen LogP) is 1.80. The lowest BCUT2D eigenvalue weighted by Gasteiger charge is -2.05. The van der Waals surface area contributed by atoms with E-state index in [4.69, 9.17) is 4.52 Å². The molecule has 0 aliphatic rings. The minimum absolute atomic E-state index is 0.0613. The number of carbonyl (C=O) groups excluding carboxylic acids is 2. The summed E-state index contributed by atoms with van der Waals surface area (Å²) in [6.07, 6.45) is 0. The third-order valence-electron chi connectivity index (χ3n) is 3.67. The van der Waals surface area contributed by atoms with Gasteiger partial charge in [0.25, 0.3) is 11.6 Å². The summed E-state index contributed by atoms with van der Waals surface area (Å²) in [6, 6.07) is 14.4. The van der Waals surface area contributed by atoms with Gasteiger partial charge < -0.3 is 15.2 Å². The SMILES string of the molecule is O=C(NCCNC(=O)c1nc(-c2cccc([N+](=O)[O-])c2)no1)c1ccccc1. The fourth-order valence-corrected chi connectivity index (χ4v) is 2.31. The van der Waals surface area contributed by atoms with Gasteiger partial charge in [0.2, 0.25) is 5.82 Å². The van der Waals surface area contributed by atoms with Crippen molar-refractivity contribution in [1.29, 1.82) is 0 Å². The lowest BCUT2D eigenvalue weighted by Crippen LogP contribution is -2.34. The zero-order valence-corrected chi connectivity index (χ0v) is 14.5. The second-order valence-electron chi connectivity index (χ2n) is 5.61. The van der Waals surface area contributed by atoms with Gasteiger partial charge in [0.15, 0.2) is 0 Å². The molecule has 2 aromatic carbocycles. The summed E-state index contributed by atoms with van der Waals surface area (Å²) in [5.74, 6) is -1.08. The smallest absolute Gasteiger partial charge is 0.316 e. The third-order valence-corrected chi connectivity index (χ3v) is 3.67. The highest BCUT2D eigenvalue weighted by atomic mass is 16.6. The van der Waals surface area contributed by atoms with Gasteiger partial charge in [0.1, 0.15) is 0 Å². The van der Waals surface area contributed by atoms with E-state index in [0.29, 0.717) is 11.1 Å². The molecule has 2 N–H and O–H groups in total. The van der Waals surface area contributed by atoms with E-state index in [0.717, 1.165) is 0 Å². The number of rotatable bonds is 7. The summed E-state index contributed by atoms with van der Waals surface area (Å²) in [4.78, 5) is 38.2. The Morgan fingerprint density at radius 2 is 1.71 bits per heavy atom. The fourth-order valence-electron chi connectivity index (χ4n) is 2.31. The molecule has 3 aromatic rings. The number of nitro benzene ring substituents is 1. The summed E-state index contributed by atoms with van der Waals surface area (Å²) in [7, 11) is 0. The molecular weight excluding hydrogens is 366 g/mol. The van der Waals surface area contributed by atoms with Crippen LogP contribution in [0, 0.1) is 10.1 Å². The number of non-ortho nitro benzene ring substituents is 1. The number of nitrogens with one attached hydrogen (secondary N) is 2. The summed E-state index contributed by atoms with van der Waals surface area (Å²) in [5, 5.41) is 19.7. The Bertz CT molecular complexity index is 1000. The van der Waals surface area contributed by atoms with Crippen molar-refractivity contribution in [3.05, 3.63) is 76.2 Å². The molecule has 0 spiro atoms. The normalized spacial score (nSPS) is 10.3. The lowest BCUT2D eigenvalue weighted by atomic mass is 10.2. The predicted molar refractivity (Wildman–Crippen MR) is 97.5 cm³/mol. The number of nitrogens with zero attached hydrogens (tertiary/aromatic N) is 3. The molecule has 0 aliphatic carbocycles. The van der Waals surface area contributed by atoms with E-state index in [2.05, 4.69) is 20.8 Å². The Kier molecular flexibility index (Phi) is 5.70. The van der Waals surface area contributed by atoms with Crippen LogP contribution in [0.3, 0.4) is 0 Å². The zero-order valence-electron chi connectivity index (χ0n) is 14.5. The lowest BCUT2D eigenvalue weighted by molar-refractivity contribution is -0.384. The molecule has 0 unspecified atom stereocenters. The molecule has 0 fully saturated rings. The van der Waals surface area contributed by atoms with Crippen molar-refractivity contribution in [2.45, 2.75) is 0 Å². The minimum Gasteiger partial charge on any atom is -0.350 e. The van der Waals surface area contributed by atoms with Crippen molar-refractivity contribution in [3.63, 3.8) is 0 Å². The summed E-state index contributed by atoms with van der Waals surface area (Å²) in [6.45, 7) is 0.372. The molecule has 10 heteroatoms. The number of hydrogen-bond acceptors (Lipinski definition) is 7.